The molecule has 0 radical (unpaired) electrons. The Morgan fingerprint density at radius 3 is 2.40 bits per heavy atom. The Kier molecular flexibility index (Phi) is 2.37. The van der Waals surface area contributed by atoms with Crippen LogP contribution in [-0.2, 0) is 0 Å². The molecular formula is C12H13N3. The van der Waals surface area contributed by atoms with E-state index in [9.17, 15) is 0 Å². The van der Waals surface area contributed by atoms with Crippen molar-refractivity contribution in [3.63, 3.8) is 0 Å². The number of aryl methyl sites for hydroxylation is 1. The molecule has 0 atom stereocenters. The van der Waals surface area contributed by atoms with Gasteiger partial charge in [-0.1, -0.05) is 18.2 Å². The van der Waals surface area contributed by atoms with Crippen LogP contribution in [0.25, 0.3) is 5.69 Å². The molecule has 0 unspecified atom stereocenters. The molecule has 0 aliphatic carbocycles. The molecular weight excluding hydrogens is 186 g/mol. The van der Waals surface area contributed by atoms with Crippen molar-refractivity contribution in [2.75, 3.05) is 0 Å². The highest BCUT2D eigenvalue weighted by Crippen LogP contribution is 2.15. The first-order valence-electron chi connectivity index (χ1n) is 4.86. The van der Waals surface area contributed by atoms with Crippen LogP contribution in [0.1, 0.15) is 17.0 Å². The van der Waals surface area contributed by atoms with Gasteiger partial charge in [-0.3, -0.25) is 0 Å². The summed E-state index contributed by atoms with van der Waals surface area (Å²) in [7, 11) is 0. The van der Waals surface area contributed by atoms with E-state index in [1.807, 2.05) is 48.9 Å². The van der Waals surface area contributed by atoms with E-state index in [1.165, 1.54) is 6.21 Å². The van der Waals surface area contributed by atoms with Gasteiger partial charge in [-0.25, -0.2) is 4.68 Å². The lowest BCUT2D eigenvalue weighted by Crippen LogP contribution is -1.98. The van der Waals surface area contributed by atoms with E-state index in [0.717, 1.165) is 22.6 Å². The fourth-order valence-corrected chi connectivity index (χ4v) is 1.68. The molecule has 0 bridgehead atoms. The Morgan fingerprint density at radius 1 is 1.20 bits per heavy atom. The molecule has 3 nitrogen and oxygen atoms in total. The van der Waals surface area contributed by atoms with Gasteiger partial charge in [0.15, 0.2) is 0 Å². The van der Waals surface area contributed by atoms with Gasteiger partial charge in [0.1, 0.15) is 0 Å². The Labute approximate surface area is 88.9 Å². The van der Waals surface area contributed by atoms with Crippen molar-refractivity contribution < 1.29 is 0 Å². The molecule has 1 heterocycles. The third kappa shape index (κ3) is 1.56. The van der Waals surface area contributed by atoms with E-state index in [2.05, 4.69) is 5.10 Å². The quantitative estimate of drug-likeness (QED) is 0.742. The van der Waals surface area contributed by atoms with E-state index < -0.39 is 0 Å². The molecule has 0 saturated carbocycles. The molecule has 1 N–H and O–H groups in total. The second-order valence-corrected chi connectivity index (χ2v) is 3.48. The van der Waals surface area contributed by atoms with Crippen LogP contribution in [0.3, 0.4) is 0 Å². The summed E-state index contributed by atoms with van der Waals surface area (Å²) in [4.78, 5) is 0. The lowest BCUT2D eigenvalue weighted by atomic mass is 10.2. The number of hydrogen-bond donors (Lipinski definition) is 1. The molecule has 1 aromatic heterocycles. The molecule has 0 amide bonds. The van der Waals surface area contributed by atoms with Crippen LogP contribution < -0.4 is 0 Å². The van der Waals surface area contributed by atoms with E-state index in [1.54, 1.807) is 0 Å². The van der Waals surface area contributed by atoms with Crippen LogP contribution in [0.2, 0.25) is 0 Å². The van der Waals surface area contributed by atoms with Gasteiger partial charge in [-0.2, -0.15) is 5.10 Å². The standard InChI is InChI=1S/C12H13N3/c1-9-12(8-13)10(2)15(14-9)11-6-4-3-5-7-11/h3-8,13H,1-2H3. The van der Waals surface area contributed by atoms with E-state index in [0.29, 0.717) is 0 Å². The maximum Gasteiger partial charge on any atom is 0.0688 e. The van der Waals surface area contributed by atoms with Gasteiger partial charge in [-0.05, 0) is 26.0 Å². The topological polar surface area (TPSA) is 41.7 Å². The van der Waals surface area contributed by atoms with Crippen molar-refractivity contribution in [3.05, 3.63) is 47.3 Å². The Morgan fingerprint density at radius 2 is 1.87 bits per heavy atom. The van der Waals surface area contributed by atoms with Crippen molar-refractivity contribution >= 4 is 6.21 Å². The highest BCUT2D eigenvalue weighted by Gasteiger charge is 2.09. The zero-order chi connectivity index (χ0) is 10.8. The number of nitrogens with zero attached hydrogens (tertiary/aromatic N) is 2. The van der Waals surface area contributed by atoms with Crippen LogP contribution in [-0.4, -0.2) is 16.0 Å². The minimum atomic E-state index is 0.895. The molecule has 0 fully saturated rings. The third-order valence-corrected chi connectivity index (χ3v) is 2.49. The summed E-state index contributed by atoms with van der Waals surface area (Å²) >= 11 is 0. The molecule has 76 valence electrons. The number of hydrogen-bond acceptors (Lipinski definition) is 2. The predicted molar refractivity (Wildman–Crippen MR) is 60.9 cm³/mol. The highest BCUT2D eigenvalue weighted by atomic mass is 15.3. The first-order chi connectivity index (χ1) is 7.24. The fourth-order valence-electron chi connectivity index (χ4n) is 1.68. The van der Waals surface area contributed by atoms with Gasteiger partial charge in [0.25, 0.3) is 0 Å². The van der Waals surface area contributed by atoms with Gasteiger partial charge in [0.2, 0.25) is 0 Å². The molecule has 0 spiro atoms. The summed E-state index contributed by atoms with van der Waals surface area (Å²) in [5, 5.41) is 11.7. The Balaban J connectivity index is 2.60. The van der Waals surface area contributed by atoms with Crippen molar-refractivity contribution in [3.8, 4) is 5.69 Å². The number of nitrogens with one attached hydrogen (secondary N) is 1. The van der Waals surface area contributed by atoms with Crippen molar-refractivity contribution in [1.82, 2.24) is 9.78 Å². The smallest absolute Gasteiger partial charge is 0.0688 e. The van der Waals surface area contributed by atoms with E-state index >= 15 is 0 Å². The lowest BCUT2D eigenvalue weighted by Gasteiger charge is -2.03. The minimum Gasteiger partial charge on any atom is -0.308 e. The number of para-hydroxylation sites is 1. The largest absolute Gasteiger partial charge is 0.308 e. The van der Waals surface area contributed by atoms with Gasteiger partial charge in [0.05, 0.1) is 17.1 Å². The number of rotatable bonds is 2. The van der Waals surface area contributed by atoms with Crippen LogP contribution in [0.5, 0.6) is 0 Å². The predicted octanol–water partition coefficient (Wildman–Crippen LogP) is 2.49. The second-order valence-electron chi connectivity index (χ2n) is 3.48. The van der Waals surface area contributed by atoms with Crippen molar-refractivity contribution in [2.24, 2.45) is 0 Å². The molecule has 2 aromatic rings. The van der Waals surface area contributed by atoms with Crippen LogP contribution >= 0.6 is 0 Å². The van der Waals surface area contributed by atoms with Crippen LogP contribution in [0.4, 0.5) is 0 Å². The summed E-state index contributed by atoms with van der Waals surface area (Å²) in [6.07, 6.45) is 1.36. The normalized spacial score (nSPS) is 10.3. The fraction of sp³-hybridized carbons (Fsp3) is 0.167. The SMILES string of the molecule is Cc1nn(-c2ccccc2)c(C)c1C=N. The second kappa shape index (κ2) is 3.69. The zero-order valence-corrected chi connectivity index (χ0v) is 8.86. The highest BCUT2D eigenvalue weighted by molar-refractivity contribution is 5.80. The molecule has 1 aromatic carbocycles. The van der Waals surface area contributed by atoms with Crippen LogP contribution in [0.15, 0.2) is 30.3 Å². The summed E-state index contributed by atoms with van der Waals surface area (Å²) in [6.45, 7) is 3.90. The summed E-state index contributed by atoms with van der Waals surface area (Å²) < 4.78 is 1.87. The van der Waals surface area contributed by atoms with Crippen molar-refractivity contribution in [1.29, 1.82) is 5.41 Å². The minimum absolute atomic E-state index is 0.895. The van der Waals surface area contributed by atoms with Gasteiger partial charge >= 0.3 is 0 Å². The first kappa shape index (κ1) is 9.65. The van der Waals surface area contributed by atoms with Gasteiger partial charge in [-0.15, -0.1) is 0 Å². The first-order valence-corrected chi connectivity index (χ1v) is 4.86. The molecule has 3 heteroatoms. The maximum absolute atomic E-state index is 7.32. The maximum atomic E-state index is 7.32. The Hall–Kier alpha value is -1.90. The van der Waals surface area contributed by atoms with Crippen LogP contribution in [0, 0.1) is 19.3 Å². The molecule has 15 heavy (non-hydrogen) atoms. The van der Waals surface area contributed by atoms with E-state index in [-0.39, 0.29) is 0 Å². The molecule has 0 saturated heterocycles. The molecule has 0 aliphatic heterocycles. The number of benzene rings is 1. The average molecular weight is 199 g/mol. The average Bonchev–Trinajstić information content (AvgIpc) is 2.55. The zero-order valence-electron chi connectivity index (χ0n) is 8.86. The summed E-state index contributed by atoms with van der Waals surface area (Å²) in [5.41, 5.74) is 3.84. The summed E-state index contributed by atoms with van der Waals surface area (Å²) in [5.74, 6) is 0. The van der Waals surface area contributed by atoms with Gasteiger partial charge < -0.3 is 5.41 Å². The third-order valence-electron chi connectivity index (χ3n) is 2.49. The van der Waals surface area contributed by atoms with E-state index in [4.69, 9.17) is 5.41 Å². The van der Waals surface area contributed by atoms with Crippen molar-refractivity contribution in [2.45, 2.75) is 13.8 Å². The van der Waals surface area contributed by atoms with Gasteiger partial charge in [0, 0.05) is 11.8 Å². The molecule has 2 rings (SSSR count). The Bertz CT molecular complexity index is 483. The monoisotopic (exact) mass is 199 g/mol. The lowest BCUT2D eigenvalue weighted by molar-refractivity contribution is 0.833. The summed E-state index contributed by atoms with van der Waals surface area (Å²) in [6, 6.07) is 9.96. The number of aromatic nitrogens is 2. The molecule has 0 aliphatic rings.